The van der Waals surface area contributed by atoms with Crippen molar-refractivity contribution in [2.45, 2.75) is 13.0 Å². The average molecular weight is 254 g/mol. The summed E-state index contributed by atoms with van der Waals surface area (Å²) in [5, 5.41) is 0.810. The fourth-order valence-corrected chi connectivity index (χ4v) is 2.42. The zero-order valence-corrected chi connectivity index (χ0v) is 11.2. The molecule has 4 heteroatoms. The highest BCUT2D eigenvalue weighted by molar-refractivity contribution is 6.33. The Morgan fingerprint density at radius 3 is 2.41 bits per heavy atom. The van der Waals surface area contributed by atoms with Gasteiger partial charge in [-0.1, -0.05) is 17.7 Å². The van der Waals surface area contributed by atoms with E-state index in [0.29, 0.717) is 0 Å². The first-order valence-electron chi connectivity index (χ1n) is 6.06. The smallest absolute Gasteiger partial charge is 0.0642 e. The number of likely N-dealkylation sites (N-methyl/N-ethyl adjacent to an activating group) is 1. The van der Waals surface area contributed by atoms with Crippen LogP contribution in [0.15, 0.2) is 18.2 Å². The Hall–Kier alpha value is -0.770. The summed E-state index contributed by atoms with van der Waals surface area (Å²) in [5.41, 5.74) is 8.07. The van der Waals surface area contributed by atoms with Crippen LogP contribution in [0, 0.1) is 0 Å². The van der Waals surface area contributed by atoms with Gasteiger partial charge in [0.05, 0.1) is 10.7 Å². The highest BCUT2D eigenvalue weighted by atomic mass is 35.5. The van der Waals surface area contributed by atoms with Crippen LogP contribution in [0.5, 0.6) is 0 Å². The summed E-state index contributed by atoms with van der Waals surface area (Å²) in [4.78, 5) is 4.67. The van der Waals surface area contributed by atoms with Gasteiger partial charge < -0.3 is 15.5 Å². The van der Waals surface area contributed by atoms with E-state index in [2.05, 4.69) is 29.0 Å². The molecule has 0 radical (unpaired) electrons. The van der Waals surface area contributed by atoms with Crippen LogP contribution in [-0.4, -0.2) is 38.1 Å². The molecule has 0 aliphatic carbocycles. The van der Waals surface area contributed by atoms with Crippen LogP contribution in [0.2, 0.25) is 5.02 Å². The lowest BCUT2D eigenvalue weighted by Crippen LogP contribution is -2.44. The van der Waals surface area contributed by atoms with E-state index < -0.39 is 0 Å². The van der Waals surface area contributed by atoms with Gasteiger partial charge in [0.2, 0.25) is 0 Å². The molecule has 1 aliphatic rings. The minimum Gasteiger partial charge on any atom is -0.368 e. The van der Waals surface area contributed by atoms with Crippen molar-refractivity contribution in [1.82, 2.24) is 4.90 Å². The molecule has 1 aliphatic heterocycles. The van der Waals surface area contributed by atoms with Crippen LogP contribution in [-0.2, 0) is 0 Å². The van der Waals surface area contributed by atoms with Crippen molar-refractivity contribution < 1.29 is 0 Å². The molecule has 1 fully saturated rings. The molecule has 94 valence electrons. The molecule has 1 heterocycles. The Bertz CT molecular complexity index is 384. The van der Waals surface area contributed by atoms with E-state index in [9.17, 15) is 0 Å². The van der Waals surface area contributed by atoms with Crippen molar-refractivity contribution in [3.8, 4) is 0 Å². The first kappa shape index (κ1) is 12.7. The molecular weight excluding hydrogens is 234 g/mol. The van der Waals surface area contributed by atoms with E-state index in [1.165, 1.54) is 0 Å². The molecule has 1 aromatic rings. The fraction of sp³-hybridized carbons (Fsp3) is 0.538. The van der Waals surface area contributed by atoms with E-state index >= 15 is 0 Å². The normalized spacial score (nSPS) is 19.4. The Labute approximate surface area is 108 Å². The minimum atomic E-state index is 0.0361. The molecule has 0 bridgehead atoms. The number of rotatable bonds is 2. The summed E-state index contributed by atoms with van der Waals surface area (Å²) in [6, 6.07) is 6.19. The molecule has 0 spiro atoms. The van der Waals surface area contributed by atoms with Gasteiger partial charge in [-0.05, 0) is 31.7 Å². The van der Waals surface area contributed by atoms with Crippen LogP contribution in [0.25, 0.3) is 0 Å². The van der Waals surface area contributed by atoms with Crippen molar-refractivity contribution in [3.63, 3.8) is 0 Å². The third-order valence-corrected chi connectivity index (χ3v) is 3.64. The number of hydrogen-bond donors (Lipinski definition) is 1. The lowest BCUT2D eigenvalue weighted by atomic mass is 10.1. The molecular formula is C13H20ClN3. The molecule has 0 aromatic heterocycles. The quantitative estimate of drug-likeness (QED) is 0.876. The Morgan fingerprint density at radius 2 is 1.88 bits per heavy atom. The van der Waals surface area contributed by atoms with E-state index in [1.807, 2.05) is 13.0 Å². The molecule has 1 saturated heterocycles. The SMILES string of the molecule is C[C@H](N)c1ccc(N2CCN(C)CC2)c(Cl)c1. The van der Waals surface area contributed by atoms with Gasteiger partial charge in [-0.3, -0.25) is 0 Å². The second-order valence-corrected chi connectivity index (χ2v) is 5.20. The Kier molecular flexibility index (Phi) is 3.92. The molecule has 2 rings (SSSR count). The van der Waals surface area contributed by atoms with Gasteiger partial charge in [-0.2, -0.15) is 0 Å². The van der Waals surface area contributed by atoms with Crippen molar-refractivity contribution in [1.29, 1.82) is 0 Å². The van der Waals surface area contributed by atoms with Gasteiger partial charge in [0, 0.05) is 32.2 Å². The third-order valence-electron chi connectivity index (χ3n) is 3.34. The molecule has 0 saturated carbocycles. The predicted octanol–water partition coefficient (Wildman–Crippen LogP) is 2.11. The summed E-state index contributed by atoms with van der Waals surface area (Å²) in [7, 11) is 2.15. The van der Waals surface area contributed by atoms with Gasteiger partial charge in [0.25, 0.3) is 0 Å². The van der Waals surface area contributed by atoms with Crippen molar-refractivity contribution in [3.05, 3.63) is 28.8 Å². The molecule has 2 N–H and O–H groups in total. The van der Waals surface area contributed by atoms with E-state index in [-0.39, 0.29) is 6.04 Å². The number of anilines is 1. The maximum absolute atomic E-state index is 6.33. The van der Waals surface area contributed by atoms with E-state index in [1.54, 1.807) is 0 Å². The molecule has 3 nitrogen and oxygen atoms in total. The molecule has 0 unspecified atom stereocenters. The van der Waals surface area contributed by atoms with Crippen LogP contribution < -0.4 is 10.6 Å². The highest BCUT2D eigenvalue weighted by Gasteiger charge is 2.16. The summed E-state index contributed by atoms with van der Waals surface area (Å²) >= 11 is 6.33. The van der Waals surface area contributed by atoms with Crippen molar-refractivity contribution >= 4 is 17.3 Å². The number of hydrogen-bond acceptors (Lipinski definition) is 3. The van der Waals surface area contributed by atoms with Gasteiger partial charge in [0.15, 0.2) is 0 Å². The van der Waals surface area contributed by atoms with Crippen molar-refractivity contribution in [2.75, 3.05) is 38.1 Å². The Morgan fingerprint density at radius 1 is 1.24 bits per heavy atom. The first-order valence-corrected chi connectivity index (χ1v) is 6.44. The lowest BCUT2D eigenvalue weighted by Gasteiger charge is -2.34. The maximum Gasteiger partial charge on any atom is 0.0642 e. The standard InChI is InChI=1S/C13H20ClN3/c1-10(15)11-3-4-13(12(14)9-11)17-7-5-16(2)6-8-17/h3-4,9-10H,5-8,15H2,1-2H3/t10-/m0/s1. The van der Waals surface area contributed by atoms with Crippen LogP contribution in [0.3, 0.4) is 0 Å². The van der Waals surface area contributed by atoms with Crippen LogP contribution >= 0.6 is 11.6 Å². The third kappa shape index (κ3) is 2.92. The first-order chi connectivity index (χ1) is 8.08. The van der Waals surface area contributed by atoms with Gasteiger partial charge in [-0.15, -0.1) is 0 Å². The highest BCUT2D eigenvalue weighted by Crippen LogP contribution is 2.29. The van der Waals surface area contributed by atoms with Gasteiger partial charge in [-0.25, -0.2) is 0 Å². The fourth-order valence-electron chi connectivity index (χ4n) is 2.11. The van der Waals surface area contributed by atoms with Crippen molar-refractivity contribution in [2.24, 2.45) is 5.73 Å². The number of halogens is 1. The summed E-state index contributed by atoms with van der Waals surface area (Å²) in [6.45, 7) is 6.22. The second kappa shape index (κ2) is 5.25. The molecule has 1 aromatic carbocycles. The number of piperazine rings is 1. The number of benzene rings is 1. The zero-order chi connectivity index (χ0) is 12.4. The second-order valence-electron chi connectivity index (χ2n) is 4.79. The molecule has 17 heavy (non-hydrogen) atoms. The zero-order valence-electron chi connectivity index (χ0n) is 10.5. The van der Waals surface area contributed by atoms with Crippen LogP contribution in [0.4, 0.5) is 5.69 Å². The van der Waals surface area contributed by atoms with Crippen LogP contribution in [0.1, 0.15) is 18.5 Å². The minimum absolute atomic E-state index is 0.0361. The average Bonchev–Trinajstić information content (AvgIpc) is 2.30. The predicted molar refractivity (Wildman–Crippen MR) is 73.8 cm³/mol. The maximum atomic E-state index is 6.33. The van der Waals surface area contributed by atoms with E-state index in [0.717, 1.165) is 42.5 Å². The van der Waals surface area contributed by atoms with Gasteiger partial charge >= 0.3 is 0 Å². The number of nitrogens with two attached hydrogens (primary N) is 1. The molecule has 0 amide bonds. The van der Waals surface area contributed by atoms with E-state index in [4.69, 9.17) is 17.3 Å². The molecule has 1 atom stereocenters. The summed E-state index contributed by atoms with van der Waals surface area (Å²) < 4.78 is 0. The lowest BCUT2D eigenvalue weighted by molar-refractivity contribution is 0.313. The number of nitrogens with zero attached hydrogens (tertiary/aromatic N) is 2. The summed E-state index contributed by atoms with van der Waals surface area (Å²) in [5.74, 6) is 0. The largest absolute Gasteiger partial charge is 0.368 e. The summed E-state index contributed by atoms with van der Waals surface area (Å²) in [6.07, 6.45) is 0. The topological polar surface area (TPSA) is 32.5 Å². The Balaban J connectivity index is 2.16. The van der Waals surface area contributed by atoms with Gasteiger partial charge in [0.1, 0.15) is 0 Å². The monoisotopic (exact) mass is 253 g/mol.